The number of aryl methyl sites for hydroxylation is 4. The molecule has 2 aromatic carbocycles. The normalized spacial score (nSPS) is 26.4. The Kier molecular flexibility index (Phi) is 6.02. The van der Waals surface area contributed by atoms with Gasteiger partial charge in [0.15, 0.2) is 5.69 Å². The first-order valence-corrected chi connectivity index (χ1v) is 13.8. The Labute approximate surface area is 214 Å². The van der Waals surface area contributed by atoms with Crippen LogP contribution in [0.1, 0.15) is 83.4 Å². The standard InChI is InChI=1S/C32H38N2O2/c1-20-11-21(2)28(22(3)12-20)30-33-27(29(34-30)31(35)36-19-23-7-5-4-6-8-23)9-10-32-16-24-13-25(17-32)15-26(14-24)18-32/h4-8,11-12,24-26H,9-10,13-19H2,1-3H3,(H,33,34). The topological polar surface area (TPSA) is 55.0 Å². The summed E-state index contributed by atoms with van der Waals surface area (Å²) in [6.45, 7) is 6.63. The zero-order valence-corrected chi connectivity index (χ0v) is 21.9. The first kappa shape index (κ1) is 23.5. The molecule has 0 radical (unpaired) electrons. The van der Waals surface area contributed by atoms with Gasteiger partial charge in [-0.3, -0.25) is 0 Å². The number of nitrogens with one attached hydrogen (secondary N) is 1. The Balaban J connectivity index is 1.28. The van der Waals surface area contributed by atoms with E-state index in [4.69, 9.17) is 9.72 Å². The number of H-pyrrole nitrogens is 1. The molecular formula is C32H38N2O2. The van der Waals surface area contributed by atoms with Crippen molar-refractivity contribution in [2.75, 3.05) is 0 Å². The van der Waals surface area contributed by atoms with Crippen molar-refractivity contribution in [1.82, 2.24) is 9.97 Å². The van der Waals surface area contributed by atoms with Crippen molar-refractivity contribution >= 4 is 5.97 Å². The molecule has 0 unspecified atom stereocenters. The molecule has 0 atom stereocenters. The van der Waals surface area contributed by atoms with E-state index in [2.05, 4.69) is 37.9 Å². The number of aromatic nitrogens is 2. The summed E-state index contributed by atoms with van der Waals surface area (Å²) in [4.78, 5) is 21.8. The Hall–Kier alpha value is -2.88. The number of benzene rings is 2. The summed E-state index contributed by atoms with van der Waals surface area (Å²) in [6.07, 6.45) is 10.5. The number of hydrogen-bond acceptors (Lipinski definition) is 3. The van der Waals surface area contributed by atoms with E-state index in [1.165, 1.54) is 55.2 Å². The van der Waals surface area contributed by atoms with Crippen molar-refractivity contribution in [2.45, 2.75) is 78.7 Å². The van der Waals surface area contributed by atoms with Crippen LogP contribution in [0.15, 0.2) is 42.5 Å². The number of esters is 1. The van der Waals surface area contributed by atoms with E-state index in [1.807, 2.05) is 30.3 Å². The van der Waals surface area contributed by atoms with Crippen molar-refractivity contribution in [3.05, 3.63) is 76.1 Å². The van der Waals surface area contributed by atoms with Gasteiger partial charge in [0.1, 0.15) is 12.4 Å². The molecule has 36 heavy (non-hydrogen) atoms. The largest absolute Gasteiger partial charge is 0.456 e. The summed E-state index contributed by atoms with van der Waals surface area (Å²) >= 11 is 0. The number of imidazole rings is 1. The number of carbonyl (C=O) groups excluding carboxylic acids is 1. The molecule has 3 aromatic rings. The van der Waals surface area contributed by atoms with Gasteiger partial charge >= 0.3 is 5.97 Å². The SMILES string of the molecule is Cc1cc(C)c(-c2nc(C(=O)OCc3ccccc3)c(CCC34CC5CC(CC(C5)C3)C4)[nH]2)c(C)c1. The van der Waals surface area contributed by atoms with E-state index in [0.29, 0.717) is 11.1 Å². The third kappa shape index (κ3) is 4.51. The first-order chi connectivity index (χ1) is 17.4. The van der Waals surface area contributed by atoms with Gasteiger partial charge in [0.2, 0.25) is 0 Å². The lowest BCUT2D eigenvalue weighted by molar-refractivity contribution is -0.0571. The molecule has 1 aromatic heterocycles. The molecule has 0 amide bonds. The minimum Gasteiger partial charge on any atom is -0.456 e. The van der Waals surface area contributed by atoms with Gasteiger partial charge in [-0.25, -0.2) is 9.78 Å². The fourth-order valence-electron chi connectivity index (χ4n) is 8.21. The van der Waals surface area contributed by atoms with Crippen molar-refractivity contribution in [3.63, 3.8) is 0 Å². The molecule has 4 nitrogen and oxygen atoms in total. The Morgan fingerprint density at radius 2 is 1.58 bits per heavy atom. The smallest absolute Gasteiger partial charge is 0.359 e. The van der Waals surface area contributed by atoms with E-state index in [0.717, 1.165) is 53.2 Å². The predicted molar refractivity (Wildman–Crippen MR) is 143 cm³/mol. The molecule has 4 heteroatoms. The van der Waals surface area contributed by atoms with Crippen LogP contribution >= 0.6 is 0 Å². The van der Waals surface area contributed by atoms with Crippen LogP contribution in [-0.2, 0) is 17.8 Å². The van der Waals surface area contributed by atoms with Gasteiger partial charge in [-0.1, -0.05) is 48.0 Å². The van der Waals surface area contributed by atoms with Crippen LogP contribution in [0.4, 0.5) is 0 Å². The maximum atomic E-state index is 13.3. The average molecular weight is 483 g/mol. The number of rotatable bonds is 7. The van der Waals surface area contributed by atoms with Gasteiger partial charge in [-0.05, 0) is 112 Å². The number of nitrogens with zero attached hydrogens (tertiary/aromatic N) is 1. The zero-order chi connectivity index (χ0) is 24.9. The highest BCUT2D eigenvalue weighted by molar-refractivity contribution is 5.89. The molecule has 4 bridgehead atoms. The summed E-state index contributed by atoms with van der Waals surface area (Å²) < 4.78 is 5.76. The molecule has 4 fully saturated rings. The molecule has 0 aliphatic heterocycles. The average Bonchev–Trinajstić information content (AvgIpc) is 3.24. The molecule has 7 rings (SSSR count). The van der Waals surface area contributed by atoms with Crippen molar-refractivity contribution in [3.8, 4) is 11.4 Å². The molecular weight excluding hydrogens is 444 g/mol. The van der Waals surface area contributed by atoms with E-state index in [-0.39, 0.29) is 12.6 Å². The zero-order valence-electron chi connectivity index (χ0n) is 21.9. The van der Waals surface area contributed by atoms with Gasteiger partial charge in [0.25, 0.3) is 0 Å². The second kappa shape index (κ2) is 9.21. The number of hydrogen-bond donors (Lipinski definition) is 1. The minimum absolute atomic E-state index is 0.263. The Morgan fingerprint density at radius 3 is 2.19 bits per heavy atom. The molecule has 0 saturated heterocycles. The van der Waals surface area contributed by atoms with E-state index < -0.39 is 0 Å². The molecule has 1 N–H and O–H groups in total. The molecule has 0 spiro atoms. The minimum atomic E-state index is -0.329. The van der Waals surface area contributed by atoms with Gasteiger partial charge < -0.3 is 9.72 Å². The fourth-order valence-corrected chi connectivity index (χ4v) is 8.21. The van der Waals surface area contributed by atoms with Gasteiger partial charge in [-0.2, -0.15) is 0 Å². The molecule has 4 aliphatic carbocycles. The highest BCUT2D eigenvalue weighted by Gasteiger charge is 2.50. The van der Waals surface area contributed by atoms with Gasteiger partial charge in [0.05, 0.1) is 0 Å². The maximum Gasteiger partial charge on any atom is 0.359 e. The van der Waals surface area contributed by atoms with E-state index in [9.17, 15) is 4.79 Å². The molecule has 4 aliphatic rings. The Bertz CT molecular complexity index is 1210. The van der Waals surface area contributed by atoms with Gasteiger partial charge in [-0.15, -0.1) is 0 Å². The van der Waals surface area contributed by atoms with Crippen LogP contribution in [-0.4, -0.2) is 15.9 Å². The number of carbonyl (C=O) groups is 1. The van der Waals surface area contributed by atoms with Crippen LogP contribution in [0.2, 0.25) is 0 Å². The van der Waals surface area contributed by atoms with Crippen LogP contribution in [0.25, 0.3) is 11.4 Å². The highest BCUT2D eigenvalue weighted by Crippen LogP contribution is 2.61. The quantitative estimate of drug-likeness (QED) is 0.355. The highest BCUT2D eigenvalue weighted by atomic mass is 16.5. The van der Waals surface area contributed by atoms with Crippen LogP contribution in [0, 0.1) is 43.9 Å². The third-order valence-corrected chi connectivity index (χ3v) is 9.17. The van der Waals surface area contributed by atoms with Gasteiger partial charge in [0, 0.05) is 11.3 Å². The summed E-state index contributed by atoms with van der Waals surface area (Å²) in [5, 5.41) is 0. The number of ether oxygens (including phenoxy) is 1. The second-order valence-electron chi connectivity index (χ2n) is 12.2. The van der Waals surface area contributed by atoms with Crippen LogP contribution in [0.3, 0.4) is 0 Å². The monoisotopic (exact) mass is 482 g/mol. The van der Waals surface area contributed by atoms with Crippen LogP contribution < -0.4 is 0 Å². The van der Waals surface area contributed by atoms with Crippen LogP contribution in [0.5, 0.6) is 0 Å². The van der Waals surface area contributed by atoms with Crippen molar-refractivity contribution < 1.29 is 9.53 Å². The lowest BCUT2D eigenvalue weighted by atomic mass is 9.48. The lowest BCUT2D eigenvalue weighted by Crippen LogP contribution is -2.46. The summed E-state index contributed by atoms with van der Waals surface area (Å²) in [6, 6.07) is 14.2. The maximum absolute atomic E-state index is 13.3. The first-order valence-electron chi connectivity index (χ1n) is 13.8. The van der Waals surface area contributed by atoms with E-state index in [1.54, 1.807) is 0 Å². The predicted octanol–water partition coefficient (Wildman–Crippen LogP) is 7.51. The summed E-state index contributed by atoms with van der Waals surface area (Å²) in [5.74, 6) is 3.26. The summed E-state index contributed by atoms with van der Waals surface area (Å²) in [7, 11) is 0. The van der Waals surface area contributed by atoms with Crippen molar-refractivity contribution in [1.29, 1.82) is 0 Å². The number of aromatic amines is 1. The van der Waals surface area contributed by atoms with Crippen molar-refractivity contribution in [2.24, 2.45) is 23.2 Å². The molecule has 1 heterocycles. The fraction of sp³-hybridized carbons (Fsp3) is 0.500. The second-order valence-corrected chi connectivity index (χ2v) is 12.2. The third-order valence-electron chi connectivity index (χ3n) is 9.17. The van der Waals surface area contributed by atoms with E-state index >= 15 is 0 Å². The molecule has 188 valence electrons. The lowest BCUT2D eigenvalue weighted by Gasteiger charge is -2.57. The molecule has 4 saturated carbocycles. The summed E-state index contributed by atoms with van der Waals surface area (Å²) in [5.41, 5.74) is 7.55. The Morgan fingerprint density at radius 1 is 0.972 bits per heavy atom.